The first-order chi connectivity index (χ1) is 10.6. The Morgan fingerprint density at radius 3 is 2.86 bits per heavy atom. The standard InChI is InChI=1S/C15H10Cl2N2OS2/c1-21-11-3-2-4-12-13(11)18-15(22-12)19-14(20)9-7-8(16)5-6-10(9)17/h2-7H,1H3,(H,18,19,20). The van der Waals surface area contributed by atoms with Crippen molar-refractivity contribution >= 4 is 67.6 Å². The van der Waals surface area contributed by atoms with Crippen LogP contribution in [-0.4, -0.2) is 17.1 Å². The SMILES string of the molecule is CSc1cccc2sc(NC(=O)c3cc(Cl)ccc3Cl)nc12. The average Bonchev–Trinajstić information content (AvgIpc) is 2.91. The Kier molecular flexibility index (Phi) is 4.59. The molecule has 112 valence electrons. The first kappa shape index (κ1) is 15.6. The Balaban J connectivity index is 1.93. The van der Waals surface area contributed by atoms with Crippen LogP contribution in [0, 0.1) is 0 Å². The number of hydrogen-bond donors (Lipinski definition) is 1. The molecule has 2 aromatic carbocycles. The lowest BCUT2D eigenvalue weighted by Gasteiger charge is -2.04. The fourth-order valence-electron chi connectivity index (χ4n) is 1.98. The highest BCUT2D eigenvalue weighted by Crippen LogP contribution is 2.32. The molecule has 3 rings (SSSR count). The predicted molar refractivity (Wildman–Crippen MR) is 95.8 cm³/mol. The fraction of sp³-hybridized carbons (Fsp3) is 0.0667. The minimum atomic E-state index is -0.322. The van der Waals surface area contributed by atoms with Crippen molar-refractivity contribution in [2.75, 3.05) is 11.6 Å². The summed E-state index contributed by atoms with van der Waals surface area (Å²) in [5.41, 5.74) is 1.23. The summed E-state index contributed by atoms with van der Waals surface area (Å²) in [7, 11) is 0. The summed E-state index contributed by atoms with van der Waals surface area (Å²) in [6, 6.07) is 10.7. The van der Waals surface area contributed by atoms with Crippen molar-refractivity contribution in [3.8, 4) is 0 Å². The molecule has 3 aromatic rings. The van der Waals surface area contributed by atoms with E-state index in [1.54, 1.807) is 30.0 Å². The molecule has 0 saturated carbocycles. The number of anilines is 1. The molecule has 1 heterocycles. The summed E-state index contributed by atoms with van der Waals surface area (Å²) in [5.74, 6) is -0.322. The number of para-hydroxylation sites is 1. The molecule has 0 unspecified atom stereocenters. The van der Waals surface area contributed by atoms with Crippen molar-refractivity contribution in [1.82, 2.24) is 4.98 Å². The number of rotatable bonds is 3. The zero-order chi connectivity index (χ0) is 15.7. The normalized spacial score (nSPS) is 10.9. The summed E-state index contributed by atoms with van der Waals surface area (Å²) >= 11 is 15.0. The van der Waals surface area contributed by atoms with Gasteiger partial charge in [0.2, 0.25) is 0 Å². The van der Waals surface area contributed by atoms with E-state index < -0.39 is 0 Å². The number of halogens is 2. The van der Waals surface area contributed by atoms with Gasteiger partial charge in [-0.05, 0) is 36.6 Å². The third-order valence-electron chi connectivity index (χ3n) is 3.00. The van der Waals surface area contributed by atoms with Gasteiger partial charge in [0.25, 0.3) is 5.91 Å². The highest BCUT2D eigenvalue weighted by atomic mass is 35.5. The summed E-state index contributed by atoms with van der Waals surface area (Å²) in [6.45, 7) is 0. The predicted octanol–water partition coefficient (Wildman–Crippen LogP) is 5.58. The second kappa shape index (κ2) is 6.46. The molecule has 1 aromatic heterocycles. The van der Waals surface area contributed by atoms with Crippen LogP contribution in [-0.2, 0) is 0 Å². The molecule has 0 fully saturated rings. The number of hydrogen-bond acceptors (Lipinski definition) is 4. The second-order valence-electron chi connectivity index (χ2n) is 4.40. The number of fused-ring (bicyclic) bond motifs is 1. The molecular weight excluding hydrogens is 359 g/mol. The van der Waals surface area contributed by atoms with Gasteiger partial charge in [0.05, 0.1) is 20.8 Å². The van der Waals surface area contributed by atoms with E-state index in [0.717, 1.165) is 15.1 Å². The molecule has 7 heteroatoms. The first-order valence-electron chi connectivity index (χ1n) is 6.28. The van der Waals surface area contributed by atoms with Gasteiger partial charge in [0, 0.05) is 9.92 Å². The highest BCUT2D eigenvalue weighted by Gasteiger charge is 2.14. The van der Waals surface area contributed by atoms with Crippen LogP contribution < -0.4 is 5.32 Å². The van der Waals surface area contributed by atoms with Crippen LogP contribution in [0.4, 0.5) is 5.13 Å². The van der Waals surface area contributed by atoms with Crippen LogP contribution in [0.15, 0.2) is 41.3 Å². The average molecular weight is 369 g/mol. The molecule has 0 atom stereocenters. The number of nitrogens with zero attached hydrogens (tertiary/aromatic N) is 1. The molecule has 0 aliphatic carbocycles. The van der Waals surface area contributed by atoms with E-state index in [9.17, 15) is 4.79 Å². The van der Waals surface area contributed by atoms with Gasteiger partial charge < -0.3 is 0 Å². The third-order valence-corrected chi connectivity index (χ3v) is 5.27. The zero-order valence-corrected chi connectivity index (χ0v) is 14.5. The number of thiazole rings is 1. The molecule has 3 nitrogen and oxygen atoms in total. The van der Waals surface area contributed by atoms with Crippen LogP contribution in [0.25, 0.3) is 10.2 Å². The first-order valence-corrected chi connectivity index (χ1v) is 9.08. The third kappa shape index (κ3) is 3.08. The quantitative estimate of drug-likeness (QED) is 0.613. The number of aromatic nitrogens is 1. The number of benzene rings is 2. The maximum atomic E-state index is 12.3. The lowest BCUT2D eigenvalue weighted by molar-refractivity contribution is 0.102. The van der Waals surface area contributed by atoms with Gasteiger partial charge in [-0.3, -0.25) is 10.1 Å². The molecule has 0 saturated heterocycles. The van der Waals surface area contributed by atoms with Crippen LogP contribution >= 0.6 is 46.3 Å². The highest BCUT2D eigenvalue weighted by molar-refractivity contribution is 7.98. The Morgan fingerprint density at radius 2 is 2.09 bits per heavy atom. The van der Waals surface area contributed by atoms with Gasteiger partial charge in [0.15, 0.2) is 5.13 Å². The summed E-state index contributed by atoms with van der Waals surface area (Å²) in [6.07, 6.45) is 2.00. The maximum absolute atomic E-state index is 12.3. The second-order valence-corrected chi connectivity index (χ2v) is 7.13. The van der Waals surface area contributed by atoms with Gasteiger partial charge >= 0.3 is 0 Å². The van der Waals surface area contributed by atoms with Crippen molar-refractivity contribution in [3.05, 3.63) is 52.0 Å². The molecule has 0 aliphatic heterocycles. The minimum absolute atomic E-state index is 0.322. The molecular formula is C15H10Cl2N2OS2. The molecule has 0 radical (unpaired) electrons. The van der Waals surface area contributed by atoms with Gasteiger partial charge in [-0.2, -0.15) is 0 Å². The Hall–Kier alpha value is -1.27. The summed E-state index contributed by atoms with van der Waals surface area (Å²) in [5, 5.41) is 4.14. The monoisotopic (exact) mass is 368 g/mol. The largest absolute Gasteiger partial charge is 0.298 e. The number of amides is 1. The van der Waals surface area contributed by atoms with Gasteiger partial charge in [0.1, 0.15) is 0 Å². The molecule has 1 amide bonds. The molecule has 1 N–H and O–H groups in total. The molecule has 0 bridgehead atoms. The van der Waals surface area contributed by atoms with E-state index in [0.29, 0.717) is 20.7 Å². The fourth-order valence-corrected chi connectivity index (χ4v) is 3.87. The van der Waals surface area contributed by atoms with E-state index in [2.05, 4.69) is 10.3 Å². The van der Waals surface area contributed by atoms with Crippen LogP contribution in [0.3, 0.4) is 0 Å². The number of nitrogens with one attached hydrogen (secondary N) is 1. The Morgan fingerprint density at radius 1 is 1.27 bits per heavy atom. The maximum Gasteiger partial charge on any atom is 0.259 e. The van der Waals surface area contributed by atoms with Crippen LogP contribution in [0.2, 0.25) is 10.0 Å². The van der Waals surface area contributed by atoms with Crippen molar-refractivity contribution in [3.63, 3.8) is 0 Å². The van der Waals surface area contributed by atoms with Gasteiger partial charge in [-0.1, -0.05) is 40.6 Å². The molecule has 0 spiro atoms. The van der Waals surface area contributed by atoms with Crippen LogP contribution in [0.1, 0.15) is 10.4 Å². The van der Waals surface area contributed by atoms with Crippen molar-refractivity contribution in [2.45, 2.75) is 4.90 Å². The zero-order valence-electron chi connectivity index (χ0n) is 11.4. The Bertz CT molecular complexity index is 864. The lowest BCUT2D eigenvalue weighted by atomic mass is 10.2. The summed E-state index contributed by atoms with van der Waals surface area (Å²) in [4.78, 5) is 17.9. The topological polar surface area (TPSA) is 42.0 Å². The van der Waals surface area contributed by atoms with Crippen molar-refractivity contribution in [1.29, 1.82) is 0 Å². The lowest BCUT2D eigenvalue weighted by Crippen LogP contribution is -2.12. The van der Waals surface area contributed by atoms with Gasteiger partial charge in [-0.25, -0.2) is 4.98 Å². The van der Waals surface area contributed by atoms with E-state index in [-0.39, 0.29) is 5.91 Å². The van der Waals surface area contributed by atoms with Crippen LogP contribution in [0.5, 0.6) is 0 Å². The number of carbonyl (C=O) groups excluding carboxylic acids is 1. The van der Waals surface area contributed by atoms with Gasteiger partial charge in [-0.15, -0.1) is 11.8 Å². The van der Waals surface area contributed by atoms with E-state index in [1.165, 1.54) is 11.3 Å². The molecule has 22 heavy (non-hydrogen) atoms. The molecule has 0 aliphatic rings. The smallest absolute Gasteiger partial charge is 0.259 e. The van der Waals surface area contributed by atoms with E-state index in [1.807, 2.05) is 24.5 Å². The number of thioether (sulfide) groups is 1. The number of carbonyl (C=O) groups is 1. The van der Waals surface area contributed by atoms with Crippen molar-refractivity contribution in [2.24, 2.45) is 0 Å². The Labute approximate surface area is 145 Å². The van der Waals surface area contributed by atoms with E-state index in [4.69, 9.17) is 23.2 Å². The summed E-state index contributed by atoms with van der Waals surface area (Å²) < 4.78 is 1.03. The minimum Gasteiger partial charge on any atom is -0.298 e. The van der Waals surface area contributed by atoms with Crippen molar-refractivity contribution < 1.29 is 4.79 Å². The van der Waals surface area contributed by atoms with E-state index >= 15 is 0 Å².